The van der Waals surface area contributed by atoms with E-state index in [0.717, 1.165) is 19.4 Å². The Morgan fingerprint density at radius 2 is 2.39 bits per heavy atom. The molecule has 2 aromatic heterocycles. The normalized spacial score (nSPS) is 17.2. The van der Waals surface area contributed by atoms with Crippen molar-refractivity contribution >= 4 is 11.6 Å². The Labute approximate surface area is 134 Å². The zero-order valence-electron chi connectivity index (χ0n) is 13.1. The van der Waals surface area contributed by atoms with Crippen LogP contribution in [0.1, 0.15) is 30.1 Å². The standard InChI is InChI=1S/C16H20N4O3/c1-2-22-15-6-5-12(8-17-15)16(21)19-13-9-18-20(10-13)11-14-4-3-7-23-14/h5-6,8-10,14H,2-4,7,11H2,1H3,(H,19,21). The van der Waals surface area contributed by atoms with Gasteiger partial charge >= 0.3 is 0 Å². The zero-order chi connectivity index (χ0) is 16.1. The Morgan fingerprint density at radius 1 is 1.48 bits per heavy atom. The molecule has 0 aliphatic carbocycles. The number of carbonyl (C=O) groups excluding carboxylic acids is 1. The first-order valence-electron chi connectivity index (χ1n) is 7.79. The van der Waals surface area contributed by atoms with Gasteiger partial charge < -0.3 is 14.8 Å². The molecule has 1 saturated heterocycles. The van der Waals surface area contributed by atoms with Gasteiger partial charge in [-0.3, -0.25) is 9.48 Å². The molecule has 1 atom stereocenters. The van der Waals surface area contributed by atoms with E-state index in [2.05, 4.69) is 15.4 Å². The molecule has 0 spiro atoms. The van der Waals surface area contributed by atoms with Crippen molar-refractivity contribution in [3.8, 4) is 5.88 Å². The predicted molar refractivity (Wildman–Crippen MR) is 84.6 cm³/mol. The second-order valence-electron chi connectivity index (χ2n) is 5.36. The predicted octanol–water partition coefficient (Wildman–Crippen LogP) is 2.11. The third kappa shape index (κ3) is 4.07. The molecule has 1 aliphatic heterocycles. The van der Waals surface area contributed by atoms with Gasteiger partial charge in [-0.1, -0.05) is 0 Å². The Morgan fingerprint density at radius 3 is 3.09 bits per heavy atom. The van der Waals surface area contributed by atoms with Crippen LogP contribution in [0, 0.1) is 0 Å². The quantitative estimate of drug-likeness (QED) is 0.883. The van der Waals surface area contributed by atoms with E-state index in [1.807, 2.05) is 13.1 Å². The molecule has 2 aromatic rings. The van der Waals surface area contributed by atoms with E-state index >= 15 is 0 Å². The number of pyridine rings is 1. The molecule has 0 aromatic carbocycles. The summed E-state index contributed by atoms with van der Waals surface area (Å²) in [6.45, 7) is 3.96. The van der Waals surface area contributed by atoms with Gasteiger partial charge in [0.2, 0.25) is 5.88 Å². The molecule has 0 bridgehead atoms. The molecule has 3 heterocycles. The van der Waals surface area contributed by atoms with Gasteiger partial charge in [-0.15, -0.1) is 0 Å². The second-order valence-corrected chi connectivity index (χ2v) is 5.36. The molecule has 122 valence electrons. The molecule has 0 radical (unpaired) electrons. The van der Waals surface area contributed by atoms with Crippen LogP contribution in [0.15, 0.2) is 30.7 Å². The van der Waals surface area contributed by atoms with E-state index in [0.29, 0.717) is 30.3 Å². The number of nitrogens with zero attached hydrogens (tertiary/aromatic N) is 3. The minimum absolute atomic E-state index is 0.216. The van der Waals surface area contributed by atoms with Gasteiger partial charge in [0.15, 0.2) is 0 Å². The lowest BCUT2D eigenvalue weighted by Crippen LogP contribution is -2.15. The maximum Gasteiger partial charge on any atom is 0.257 e. The highest BCUT2D eigenvalue weighted by molar-refractivity contribution is 6.03. The van der Waals surface area contributed by atoms with Crippen LogP contribution in [-0.4, -0.2) is 40.0 Å². The number of ether oxygens (including phenoxy) is 2. The molecule has 1 aliphatic rings. The molecule has 1 unspecified atom stereocenters. The molecule has 1 amide bonds. The van der Waals surface area contributed by atoms with Crippen LogP contribution >= 0.6 is 0 Å². The Bertz CT molecular complexity index is 648. The number of hydrogen-bond donors (Lipinski definition) is 1. The number of nitrogens with one attached hydrogen (secondary N) is 1. The number of hydrogen-bond acceptors (Lipinski definition) is 5. The summed E-state index contributed by atoms with van der Waals surface area (Å²) < 4.78 is 12.6. The van der Waals surface area contributed by atoms with Crippen LogP contribution in [0.3, 0.4) is 0 Å². The molecular formula is C16H20N4O3. The molecule has 0 saturated carbocycles. The summed E-state index contributed by atoms with van der Waals surface area (Å²) >= 11 is 0. The van der Waals surface area contributed by atoms with Gasteiger partial charge in [-0.05, 0) is 25.8 Å². The van der Waals surface area contributed by atoms with Crippen molar-refractivity contribution in [1.82, 2.24) is 14.8 Å². The minimum atomic E-state index is -0.225. The summed E-state index contributed by atoms with van der Waals surface area (Å²) in [7, 11) is 0. The molecule has 1 N–H and O–H groups in total. The largest absolute Gasteiger partial charge is 0.478 e. The first kappa shape index (κ1) is 15.5. The van der Waals surface area contributed by atoms with Gasteiger partial charge in [0.25, 0.3) is 5.91 Å². The van der Waals surface area contributed by atoms with Crippen molar-refractivity contribution in [1.29, 1.82) is 0 Å². The van der Waals surface area contributed by atoms with E-state index in [4.69, 9.17) is 9.47 Å². The molecule has 7 heteroatoms. The van der Waals surface area contributed by atoms with Gasteiger partial charge in [-0.2, -0.15) is 5.10 Å². The fourth-order valence-corrected chi connectivity index (χ4v) is 2.48. The third-order valence-electron chi connectivity index (χ3n) is 3.60. The Balaban J connectivity index is 1.57. The number of amides is 1. The van der Waals surface area contributed by atoms with Gasteiger partial charge in [0.05, 0.1) is 36.7 Å². The first-order chi connectivity index (χ1) is 11.2. The van der Waals surface area contributed by atoms with Crippen molar-refractivity contribution < 1.29 is 14.3 Å². The van der Waals surface area contributed by atoms with E-state index in [1.54, 1.807) is 23.0 Å². The highest BCUT2D eigenvalue weighted by Gasteiger charge is 2.16. The maximum atomic E-state index is 12.2. The van der Waals surface area contributed by atoms with Crippen LogP contribution in [-0.2, 0) is 11.3 Å². The van der Waals surface area contributed by atoms with Gasteiger partial charge in [0.1, 0.15) is 0 Å². The van der Waals surface area contributed by atoms with Crippen molar-refractivity contribution in [2.45, 2.75) is 32.4 Å². The van der Waals surface area contributed by atoms with Gasteiger partial charge in [0, 0.05) is 25.1 Å². The monoisotopic (exact) mass is 316 g/mol. The van der Waals surface area contributed by atoms with Crippen molar-refractivity contribution in [3.63, 3.8) is 0 Å². The Kier molecular flexibility index (Phi) is 4.87. The van der Waals surface area contributed by atoms with E-state index in [1.165, 1.54) is 6.20 Å². The van der Waals surface area contributed by atoms with Crippen LogP contribution in [0.4, 0.5) is 5.69 Å². The SMILES string of the molecule is CCOc1ccc(C(=O)Nc2cnn(CC3CCCO3)c2)cn1. The fourth-order valence-electron chi connectivity index (χ4n) is 2.48. The first-order valence-corrected chi connectivity index (χ1v) is 7.79. The number of rotatable bonds is 6. The average molecular weight is 316 g/mol. The van der Waals surface area contributed by atoms with Crippen molar-refractivity contribution in [2.24, 2.45) is 0 Å². The highest BCUT2D eigenvalue weighted by atomic mass is 16.5. The van der Waals surface area contributed by atoms with Gasteiger partial charge in [-0.25, -0.2) is 4.98 Å². The van der Waals surface area contributed by atoms with E-state index in [-0.39, 0.29) is 12.0 Å². The summed E-state index contributed by atoms with van der Waals surface area (Å²) in [6.07, 6.45) is 7.31. The lowest BCUT2D eigenvalue weighted by atomic mass is 10.2. The summed E-state index contributed by atoms with van der Waals surface area (Å²) in [6, 6.07) is 3.36. The topological polar surface area (TPSA) is 78.3 Å². The Hall–Kier alpha value is -2.41. The minimum Gasteiger partial charge on any atom is -0.478 e. The summed E-state index contributed by atoms with van der Waals surface area (Å²) in [4.78, 5) is 16.3. The average Bonchev–Trinajstić information content (AvgIpc) is 3.21. The maximum absolute atomic E-state index is 12.2. The van der Waals surface area contributed by atoms with Crippen LogP contribution < -0.4 is 10.1 Å². The zero-order valence-corrected chi connectivity index (χ0v) is 13.1. The van der Waals surface area contributed by atoms with Crippen molar-refractivity contribution in [3.05, 3.63) is 36.3 Å². The summed E-state index contributed by atoms with van der Waals surface area (Å²) in [5.41, 5.74) is 1.13. The smallest absolute Gasteiger partial charge is 0.257 e. The van der Waals surface area contributed by atoms with Crippen LogP contribution in [0.5, 0.6) is 5.88 Å². The molecular weight excluding hydrogens is 296 g/mol. The molecule has 7 nitrogen and oxygen atoms in total. The summed E-state index contributed by atoms with van der Waals surface area (Å²) in [5, 5.41) is 7.06. The molecule has 23 heavy (non-hydrogen) atoms. The van der Waals surface area contributed by atoms with Crippen LogP contribution in [0.25, 0.3) is 0 Å². The van der Waals surface area contributed by atoms with Crippen LogP contribution in [0.2, 0.25) is 0 Å². The molecule has 3 rings (SSSR count). The van der Waals surface area contributed by atoms with E-state index in [9.17, 15) is 4.79 Å². The number of carbonyl (C=O) groups is 1. The summed E-state index contributed by atoms with van der Waals surface area (Å²) in [5.74, 6) is 0.283. The third-order valence-corrected chi connectivity index (χ3v) is 3.60. The van der Waals surface area contributed by atoms with Crippen molar-refractivity contribution in [2.75, 3.05) is 18.5 Å². The fraction of sp³-hybridized carbons (Fsp3) is 0.438. The number of anilines is 1. The number of aromatic nitrogens is 3. The highest BCUT2D eigenvalue weighted by Crippen LogP contribution is 2.15. The second kappa shape index (κ2) is 7.23. The lowest BCUT2D eigenvalue weighted by molar-refractivity contribution is 0.0940. The van der Waals surface area contributed by atoms with E-state index < -0.39 is 0 Å². The lowest BCUT2D eigenvalue weighted by Gasteiger charge is -2.08. The molecule has 1 fully saturated rings.